The summed E-state index contributed by atoms with van der Waals surface area (Å²) in [5.74, 6) is 2.10. The molecule has 0 aromatic rings. The van der Waals surface area contributed by atoms with Crippen LogP contribution in [0.4, 0.5) is 0 Å². The van der Waals surface area contributed by atoms with E-state index in [4.69, 9.17) is 0 Å². The number of unbranched alkanes of at least 4 members (excludes halogenated alkanes) is 1. The predicted molar refractivity (Wildman–Crippen MR) is 54.8 cm³/mol. The molecule has 0 spiro atoms. The topological polar surface area (TPSA) is 0 Å². The van der Waals surface area contributed by atoms with Gasteiger partial charge in [0, 0.05) is 5.75 Å². The zero-order valence-electron chi connectivity index (χ0n) is 6.97. The molecule has 0 saturated carbocycles. The average Bonchev–Trinajstić information content (AvgIpc) is 1.97. The third kappa shape index (κ3) is 6.81. The first-order valence-electron chi connectivity index (χ1n) is 4.07. The van der Waals surface area contributed by atoms with Crippen molar-refractivity contribution in [3.05, 3.63) is 0 Å². The van der Waals surface area contributed by atoms with Gasteiger partial charge in [-0.3, -0.25) is 0 Å². The van der Waals surface area contributed by atoms with Crippen LogP contribution in [-0.4, -0.2) is 5.75 Å². The van der Waals surface area contributed by atoms with E-state index in [1.165, 1.54) is 31.4 Å². The summed E-state index contributed by atoms with van der Waals surface area (Å²) in [6, 6.07) is 0. The Bertz CT molecular complexity index is 56.3. The van der Waals surface area contributed by atoms with Crippen LogP contribution in [0.25, 0.3) is 0 Å². The molecule has 62 valence electrons. The van der Waals surface area contributed by atoms with Crippen LogP contribution in [-0.2, 0) is 0 Å². The Morgan fingerprint density at radius 2 is 2.10 bits per heavy atom. The molecular weight excluding hydrogens is 160 g/mol. The molecule has 1 atom stereocenters. The molecule has 0 aliphatic rings. The van der Waals surface area contributed by atoms with Crippen molar-refractivity contribution in [2.75, 3.05) is 5.75 Å². The molecule has 0 amide bonds. The smallest absolute Gasteiger partial charge is 0.00370 e. The SMILES string of the molecule is CCCCC(C)CCSS. The Kier molecular flexibility index (Phi) is 8.35. The van der Waals surface area contributed by atoms with Crippen LogP contribution < -0.4 is 0 Å². The fraction of sp³-hybridized carbons (Fsp3) is 1.00. The van der Waals surface area contributed by atoms with Crippen LogP contribution >= 0.6 is 22.5 Å². The second-order valence-corrected chi connectivity index (χ2v) is 4.31. The van der Waals surface area contributed by atoms with Crippen LogP contribution in [0.15, 0.2) is 0 Å². The number of hydrogen-bond acceptors (Lipinski definition) is 2. The normalized spacial score (nSPS) is 13.5. The molecule has 0 N–H and O–H groups in total. The Morgan fingerprint density at radius 3 is 2.60 bits per heavy atom. The van der Waals surface area contributed by atoms with E-state index in [0.717, 1.165) is 5.92 Å². The zero-order valence-corrected chi connectivity index (χ0v) is 8.68. The second kappa shape index (κ2) is 7.80. The quantitative estimate of drug-likeness (QED) is 0.477. The molecule has 0 fully saturated rings. The predicted octanol–water partition coefficient (Wildman–Crippen LogP) is 3.78. The lowest BCUT2D eigenvalue weighted by atomic mass is 10.0. The standard InChI is InChI=1S/C8H18S2/c1-3-4-5-8(2)6-7-10-9/h8-9H,3-7H2,1-2H3. The van der Waals surface area contributed by atoms with Gasteiger partial charge in [-0.25, -0.2) is 0 Å². The highest BCUT2D eigenvalue weighted by Gasteiger charge is 1.99. The number of thiol groups is 1. The lowest BCUT2D eigenvalue weighted by Crippen LogP contribution is -1.95. The summed E-state index contributed by atoms with van der Waals surface area (Å²) >= 11 is 4.10. The van der Waals surface area contributed by atoms with Gasteiger partial charge in [-0.05, 0) is 12.3 Å². The van der Waals surface area contributed by atoms with Gasteiger partial charge in [0.05, 0.1) is 0 Å². The van der Waals surface area contributed by atoms with Crippen molar-refractivity contribution in [2.45, 2.75) is 39.5 Å². The minimum Gasteiger partial charge on any atom is -0.111 e. The van der Waals surface area contributed by atoms with Gasteiger partial charge in [0.2, 0.25) is 0 Å². The van der Waals surface area contributed by atoms with Crippen molar-refractivity contribution >= 4 is 22.5 Å². The summed E-state index contributed by atoms with van der Waals surface area (Å²) in [7, 11) is 1.66. The van der Waals surface area contributed by atoms with Gasteiger partial charge >= 0.3 is 0 Å². The van der Waals surface area contributed by atoms with Gasteiger partial charge in [0.25, 0.3) is 0 Å². The van der Waals surface area contributed by atoms with E-state index in [2.05, 4.69) is 25.5 Å². The molecule has 0 heterocycles. The van der Waals surface area contributed by atoms with Gasteiger partial charge in [-0.15, -0.1) is 11.7 Å². The highest BCUT2D eigenvalue weighted by molar-refractivity contribution is 8.68. The van der Waals surface area contributed by atoms with Crippen molar-refractivity contribution in [1.29, 1.82) is 0 Å². The molecule has 0 rings (SSSR count). The monoisotopic (exact) mass is 178 g/mol. The van der Waals surface area contributed by atoms with E-state index in [-0.39, 0.29) is 0 Å². The molecule has 0 aliphatic carbocycles. The third-order valence-electron chi connectivity index (χ3n) is 1.75. The first-order valence-corrected chi connectivity index (χ1v) is 6.11. The molecule has 0 aromatic heterocycles. The van der Waals surface area contributed by atoms with E-state index in [9.17, 15) is 0 Å². The number of rotatable bonds is 6. The molecule has 0 radical (unpaired) electrons. The summed E-state index contributed by atoms with van der Waals surface area (Å²) in [5.41, 5.74) is 0. The molecule has 0 nitrogen and oxygen atoms in total. The van der Waals surface area contributed by atoms with Crippen molar-refractivity contribution in [1.82, 2.24) is 0 Å². The molecule has 10 heavy (non-hydrogen) atoms. The Morgan fingerprint density at radius 1 is 1.40 bits per heavy atom. The molecular formula is C8H18S2. The molecule has 0 aliphatic heterocycles. The highest BCUT2D eigenvalue weighted by atomic mass is 33.1. The minimum absolute atomic E-state index is 0.902. The van der Waals surface area contributed by atoms with Crippen molar-refractivity contribution in [2.24, 2.45) is 5.92 Å². The lowest BCUT2D eigenvalue weighted by Gasteiger charge is -2.07. The zero-order chi connectivity index (χ0) is 7.82. The van der Waals surface area contributed by atoms with Gasteiger partial charge < -0.3 is 0 Å². The van der Waals surface area contributed by atoms with Crippen LogP contribution in [0.3, 0.4) is 0 Å². The Hall–Kier alpha value is 0.700. The van der Waals surface area contributed by atoms with E-state index in [0.29, 0.717) is 0 Å². The second-order valence-electron chi connectivity index (χ2n) is 2.87. The van der Waals surface area contributed by atoms with Crippen molar-refractivity contribution in [3.63, 3.8) is 0 Å². The fourth-order valence-corrected chi connectivity index (χ4v) is 1.77. The van der Waals surface area contributed by atoms with Crippen molar-refractivity contribution in [3.8, 4) is 0 Å². The molecule has 0 bridgehead atoms. The summed E-state index contributed by atoms with van der Waals surface area (Å²) in [5, 5.41) is 0. The molecule has 0 aromatic carbocycles. The Labute approximate surface area is 74.0 Å². The number of hydrogen-bond donors (Lipinski definition) is 1. The maximum absolute atomic E-state index is 4.10. The van der Waals surface area contributed by atoms with Crippen LogP contribution in [0.2, 0.25) is 0 Å². The summed E-state index contributed by atoms with van der Waals surface area (Å²) in [6.45, 7) is 4.58. The third-order valence-corrected chi connectivity index (χ3v) is 2.72. The fourth-order valence-electron chi connectivity index (χ4n) is 0.951. The van der Waals surface area contributed by atoms with E-state index in [1.807, 2.05) is 0 Å². The van der Waals surface area contributed by atoms with Crippen molar-refractivity contribution < 1.29 is 0 Å². The molecule has 0 saturated heterocycles. The van der Waals surface area contributed by atoms with E-state index < -0.39 is 0 Å². The van der Waals surface area contributed by atoms with Gasteiger partial charge in [-0.2, -0.15) is 0 Å². The van der Waals surface area contributed by atoms with Crippen LogP contribution in [0.1, 0.15) is 39.5 Å². The Balaban J connectivity index is 3.00. The van der Waals surface area contributed by atoms with Crippen LogP contribution in [0.5, 0.6) is 0 Å². The minimum atomic E-state index is 0.902. The highest BCUT2D eigenvalue weighted by Crippen LogP contribution is 2.16. The van der Waals surface area contributed by atoms with Gasteiger partial charge in [0.1, 0.15) is 0 Å². The first-order chi connectivity index (χ1) is 4.81. The summed E-state index contributed by atoms with van der Waals surface area (Å²) in [4.78, 5) is 0. The van der Waals surface area contributed by atoms with Gasteiger partial charge in [-0.1, -0.05) is 43.9 Å². The summed E-state index contributed by atoms with van der Waals surface area (Å²) < 4.78 is 0. The molecule has 2 heteroatoms. The molecule has 1 unspecified atom stereocenters. The maximum Gasteiger partial charge on any atom is 0.00370 e. The largest absolute Gasteiger partial charge is 0.111 e. The van der Waals surface area contributed by atoms with E-state index >= 15 is 0 Å². The summed E-state index contributed by atoms with van der Waals surface area (Å²) in [6.07, 6.45) is 5.44. The van der Waals surface area contributed by atoms with Crippen LogP contribution in [0, 0.1) is 5.92 Å². The lowest BCUT2D eigenvalue weighted by molar-refractivity contribution is 0.495. The van der Waals surface area contributed by atoms with Gasteiger partial charge in [0.15, 0.2) is 0 Å². The van der Waals surface area contributed by atoms with E-state index in [1.54, 1.807) is 10.8 Å². The maximum atomic E-state index is 4.10. The average molecular weight is 178 g/mol. The first kappa shape index (κ1) is 10.7.